The Morgan fingerprint density at radius 1 is 1.14 bits per heavy atom. The van der Waals surface area contributed by atoms with Gasteiger partial charge in [0.25, 0.3) is 0 Å². The number of nitrogens with two attached hydrogens (primary N) is 1. The van der Waals surface area contributed by atoms with Gasteiger partial charge < -0.3 is 15.2 Å². The van der Waals surface area contributed by atoms with Crippen LogP contribution in [-0.2, 0) is 6.61 Å². The van der Waals surface area contributed by atoms with Crippen LogP contribution in [0.3, 0.4) is 0 Å². The summed E-state index contributed by atoms with van der Waals surface area (Å²) in [5.41, 5.74) is 7.80. The van der Waals surface area contributed by atoms with Crippen LogP contribution in [0, 0.1) is 5.82 Å². The van der Waals surface area contributed by atoms with Gasteiger partial charge in [-0.3, -0.25) is 0 Å². The topological polar surface area (TPSA) is 44.5 Å². The first-order valence-electron chi connectivity index (χ1n) is 6.94. The molecule has 2 aromatic rings. The first kappa shape index (κ1) is 15.3. The van der Waals surface area contributed by atoms with E-state index in [0.29, 0.717) is 6.61 Å². The van der Waals surface area contributed by atoms with Gasteiger partial charge in [0, 0.05) is 6.04 Å². The standard InChI is InChI=1S/C17H20FNO2/c1-3-16(19)13-5-7-14(8-6-13)21-11-12-4-9-17(20-2)15(18)10-12/h4-10,16H,3,11,19H2,1-2H3/t16-/m1/s1. The number of methoxy groups -OCH3 is 1. The van der Waals surface area contributed by atoms with E-state index in [-0.39, 0.29) is 17.6 Å². The second-order valence-electron chi connectivity index (χ2n) is 4.84. The fourth-order valence-electron chi connectivity index (χ4n) is 2.01. The van der Waals surface area contributed by atoms with E-state index in [9.17, 15) is 4.39 Å². The number of benzene rings is 2. The van der Waals surface area contributed by atoms with E-state index in [1.807, 2.05) is 31.2 Å². The monoisotopic (exact) mass is 289 g/mol. The minimum absolute atomic E-state index is 0.0507. The highest BCUT2D eigenvalue weighted by atomic mass is 19.1. The summed E-state index contributed by atoms with van der Waals surface area (Å²) in [6.45, 7) is 2.35. The maximum Gasteiger partial charge on any atom is 0.165 e. The third-order valence-electron chi connectivity index (χ3n) is 3.37. The molecule has 1 atom stereocenters. The second-order valence-corrected chi connectivity index (χ2v) is 4.84. The SMILES string of the molecule is CC[C@@H](N)c1ccc(OCc2ccc(OC)c(F)c2)cc1. The molecule has 21 heavy (non-hydrogen) atoms. The molecule has 0 bridgehead atoms. The molecule has 0 aliphatic carbocycles. The average molecular weight is 289 g/mol. The largest absolute Gasteiger partial charge is 0.494 e. The molecule has 4 heteroatoms. The van der Waals surface area contributed by atoms with Gasteiger partial charge in [0.05, 0.1) is 7.11 Å². The van der Waals surface area contributed by atoms with Crippen LogP contribution in [0.25, 0.3) is 0 Å². The summed E-state index contributed by atoms with van der Waals surface area (Å²) in [5, 5.41) is 0. The Morgan fingerprint density at radius 2 is 1.86 bits per heavy atom. The Bertz CT molecular complexity index is 584. The third kappa shape index (κ3) is 3.95. The van der Waals surface area contributed by atoms with E-state index in [4.69, 9.17) is 15.2 Å². The summed E-state index contributed by atoms with van der Waals surface area (Å²) in [7, 11) is 1.44. The molecule has 0 amide bonds. The van der Waals surface area contributed by atoms with Gasteiger partial charge in [0.1, 0.15) is 12.4 Å². The van der Waals surface area contributed by atoms with Crippen LogP contribution in [0.15, 0.2) is 42.5 Å². The van der Waals surface area contributed by atoms with Gasteiger partial charge in [-0.2, -0.15) is 0 Å². The van der Waals surface area contributed by atoms with Gasteiger partial charge in [-0.1, -0.05) is 25.1 Å². The number of hydrogen-bond donors (Lipinski definition) is 1. The molecule has 0 fully saturated rings. The molecule has 2 rings (SSSR count). The molecule has 3 nitrogen and oxygen atoms in total. The Balaban J connectivity index is 1.98. The summed E-state index contributed by atoms with van der Waals surface area (Å²) in [6, 6.07) is 12.5. The highest BCUT2D eigenvalue weighted by Crippen LogP contribution is 2.21. The molecule has 0 radical (unpaired) electrons. The lowest BCUT2D eigenvalue weighted by molar-refractivity contribution is 0.304. The van der Waals surface area contributed by atoms with Crippen LogP contribution < -0.4 is 15.2 Å². The molecular weight excluding hydrogens is 269 g/mol. The summed E-state index contributed by atoms with van der Waals surface area (Å²) in [4.78, 5) is 0. The lowest BCUT2D eigenvalue weighted by Crippen LogP contribution is -2.08. The number of halogens is 1. The predicted octanol–water partition coefficient (Wildman–Crippen LogP) is 3.82. The lowest BCUT2D eigenvalue weighted by atomic mass is 10.1. The number of rotatable bonds is 6. The molecular formula is C17H20FNO2. The van der Waals surface area contributed by atoms with E-state index >= 15 is 0 Å². The summed E-state index contributed by atoms with van der Waals surface area (Å²) in [6.07, 6.45) is 0.894. The minimum atomic E-state index is -0.386. The third-order valence-corrected chi connectivity index (χ3v) is 3.37. The Morgan fingerprint density at radius 3 is 2.43 bits per heavy atom. The fraction of sp³-hybridized carbons (Fsp3) is 0.294. The Kier molecular flexibility index (Phi) is 5.17. The van der Waals surface area contributed by atoms with Crippen LogP contribution >= 0.6 is 0 Å². The van der Waals surface area contributed by atoms with Crippen molar-refractivity contribution in [3.05, 3.63) is 59.4 Å². The van der Waals surface area contributed by atoms with Gasteiger partial charge in [-0.25, -0.2) is 4.39 Å². The summed E-state index contributed by atoms with van der Waals surface area (Å²) in [5.74, 6) is 0.581. The van der Waals surface area contributed by atoms with Crippen molar-refractivity contribution in [2.45, 2.75) is 26.0 Å². The Labute approximate surface area is 124 Å². The molecule has 112 valence electrons. The van der Waals surface area contributed by atoms with Gasteiger partial charge in [-0.15, -0.1) is 0 Å². The molecule has 0 saturated carbocycles. The maximum absolute atomic E-state index is 13.6. The van der Waals surface area contributed by atoms with E-state index in [1.54, 1.807) is 12.1 Å². The first-order valence-corrected chi connectivity index (χ1v) is 6.94. The van der Waals surface area contributed by atoms with Gasteiger partial charge in [0.15, 0.2) is 11.6 Å². The van der Waals surface area contributed by atoms with E-state index in [0.717, 1.165) is 23.3 Å². The smallest absolute Gasteiger partial charge is 0.165 e. The first-order chi connectivity index (χ1) is 10.1. The van der Waals surface area contributed by atoms with E-state index < -0.39 is 0 Å². The predicted molar refractivity (Wildman–Crippen MR) is 80.9 cm³/mol. The zero-order valence-corrected chi connectivity index (χ0v) is 12.3. The summed E-state index contributed by atoms with van der Waals surface area (Å²) >= 11 is 0. The van der Waals surface area contributed by atoms with Crippen molar-refractivity contribution >= 4 is 0 Å². The number of hydrogen-bond acceptors (Lipinski definition) is 3. The highest BCUT2D eigenvalue weighted by molar-refractivity contribution is 5.31. The molecule has 0 spiro atoms. The van der Waals surface area contributed by atoms with Crippen molar-refractivity contribution in [1.29, 1.82) is 0 Å². The second kappa shape index (κ2) is 7.09. The van der Waals surface area contributed by atoms with Crippen molar-refractivity contribution < 1.29 is 13.9 Å². The van der Waals surface area contributed by atoms with E-state index in [1.165, 1.54) is 13.2 Å². The van der Waals surface area contributed by atoms with Crippen LogP contribution in [0.1, 0.15) is 30.5 Å². The normalized spacial score (nSPS) is 12.0. The zero-order chi connectivity index (χ0) is 15.2. The molecule has 0 aliphatic rings. The van der Waals surface area contributed by atoms with Crippen molar-refractivity contribution in [1.82, 2.24) is 0 Å². The van der Waals surface area contributed by atoms with Gasteiger partial charge >= 0.3 is 0 Å². The van der Waals surface area contributed by atoms with Crippen LogP contribution in [0.5, 0.6) is 11.5 Å². The van der Waals surface area contributed by atoms with Crippen molar-refractivity contribution in [2.24, 2.45) is 5.73 Å². The molecule has 0 aromatic heterocycles. The summed E-state index contributed by atoms with van der Waals surface area (Å²) < 4.78 is 24.1. The van der Waals surface area contributed by atoms with Crippen molar-refractivity contribution in [3.63, 3.8) is 0 Å². The van der Waals surface area contributed by atoms with Crippen molar-refractivity contribution in [3.8, 4) is 11.5 Å². The van der Waals surface area contributed by atoms with E-state index in [2.05, 4.69) is 0 Å². The maximum atomic E-state index is 13.6. The van der Waals surface area contributed by atoms with Crippen LogP contribution in [0.2, 0.25) is 0 Å². The number of ether oxygens (including phenoxy) is 2. The fourth-order valence-corrected chi connectivity index (χ4v) is 2.01. The zero-order valence-electron chi connectivity index (χ0n) is 12.3. The van der Waals surface area contributed by atoms with Gasteiger partial charge in [-0.05, 0) is 41.8 Å². The average Bonchev–Trinajstić information content (AvgIpc) is 2.52. The van der Waals surface area contributed by atoms with Crippen molar-refractivity contribution in [2.75, 3.05) is 7.11 Å². The van der Waals surface area contributed by atoms with Gasteiger partial charge in [0.2, 0.25) is 0 Å². The van der Waals surface area contributed by atoms with Crippen LogP contribution in [0.4, 0.5) is 4.39 Å². The molecule has 0 unspecified atom stereocenters. The quantitative estimate of drug-likeness (QED) is 0.879. The van der Waals surface area contributed by atoms with Crippen LogP contribution in [-0.4, -0.2) is 7.11 Å². The Hall–Kier alpha value is -2.07. The molecule has 2 aromatic carbocycles. The molecule has 2 N–H and O–H groups in total. The molecule has 0 heterocycles. The molecule has 0 aliphatic heterocycles. The minimum Gasteiger partial charge on any atom is -0.494 e. The highest BCUT2D eigenvalue weighted by Gasteiger charge is 2.05. The molecule has 0 saturated heterocycles. The lowest BCUT2D eigenvalue weighted by Gasteiger charge is -2.11.